The zero-order valence-electron chi connectivity index (χ0n) is 7.08. The fourth-order valence-corrected chi connectivity index (χ4v) is 2.06. The lowest BCUT2D eigenvalue weighted by Crippen LogP contribution is -2.30. The van der Waals surface area contributed by atoms with Crippen LogP contribution < -0.4 is 5.32 Å². The number of ether oxygens (including phenoxy) is 1. The minimum Gasteiger partial charge on any atom is -0.481 e. The molecular formula is C8H11NO4. The molecule has 5 heteroatoms. The van der Waals surface area contributed by atoms with Crippen LogP contribution in [0.25, 0.3) is 0 Å². The van der Waals surface area contributed by atoms with E-state index in [1.54, 1.807) is 0 Å². The minimum absolute atomic E-state index is 0.354. The lowest BCUT2D eigenvalue weighted by molar-refractivity contribution is -0.142. The van der Waals surface area contributed by atoms with Crippen molar-refractivity contribution in [3.8, 4) is 0 Å². The Morgan fingerprint density at radius 1 is 1.69 bits per heavy atom. The van der Waals surface area contributed by atoms with E-state index in [0.29, 0.717) is 25.8 Å². The summed E-state index contributed by atoms with van der Waals surface area (Å²) in [5.74, 6) is -1.15. The van der Waals surface area contributed by atoms with Gasteiger partial charge in [-0.25, -0.2) is 4.79 Å². The van der Waals surface area contributed by atoms with Crippen molar-refractivity contribution < 1.29 is 19.4 Å². The first kappa shape index (κ1) is 8.34. The zero-order valence-corrected chi connectivity index (χ0v) is 7.08. The molecule has 2 unspecified atom stereocenters. The first-order valence-corrected chi connectivity index (χ1v) is 4.31. The van der Waals surface area contributed by atoms with Gasteiger partial charge in [0, 0.05) is 6.42 Å². The van der Waals surface area contributed by atoms with Crippen molar-refractivity contribution in [1.29, 1.82) is 0 Å². The summed E-state index contributed by atoms with van der Waals surface area (Å²) in [7, 11) is 0. The molecule has 1 saturated heterocycles. The van der Waals surface area contributed by atoms with E-state index in [-0.39, 0.29) is 5.92 Å². The largest absolute Gasteiger partial charge is 0.481 e. The molecule has 1 aliphatic carbocycles. The number of amides is 1. The molecule has 1 heterocycles. The van der Waals surface area contributed by atoms with E-state index in [1.807, 2.05) is 0 Å². The van der Waals surface area contributed by atoms with Crippen molar-refractivity contribution in [2.75, 3.05) is 6.54 Å². The van der Waals surface area contributed by atoms with Gasteiger partial charge in [-0.1, -0.05) is 0 Å². The Kier molecular flexibility index (Phi) is 1.68. The summed E-state index contributed by atoms with van der Waals surface area (Å²) in [6, 6.07) is 0. The maximum absolute atomic E-state index is 10.8. The van der Waals surface area contributed by atoms with E-state index < -0.39 is 17.7 Å². The van der Waals surface area contributed by atoms with Gasteiger partial charge in [0.15, 0.2) is 0 Å². The van der Waals surface area contributed by atoms with Gasteiger partial charge >= 0.3 is 12.1 Å². The molecule has 2 fully saturated rings. The normalized spacial score (nSPS) is 37.5. The third-order valence-corrected chi connectivity index (χ3v) is 2.78. The SMILES string of the molecule is O=C1NCC2(CCC(C(=O)O)C2)O1. The van der Waals surface area contributed by atoms with Crippen molar-refractivity contribution in [2.24, 2.45) is 5.92 Å². The van der Waals surface area contributed by atoms with Gasteiger partial charge in [-0.15, -0.1) is 0 Å². The number of nitrogens with one attached hydrogen (secondary N) is 1. The average Bonchev–Trinajstić information content (AvgIpc) is 2.61. The third kappa shape index (κ3) is 1.34. The topological polar surface area (TPSA) is 75.6 Å². The number of alkyl carbamates (subject to hydrolysis) is 1. The van der Waals surface area contributed by atoms with Gasteiger partial charge in [-0.2, -0.15) is 0 Å². The molecule has 0 radical (unpaired) electrons. The second-order valence-corrected chi connectivity index (χ2v) is 3.70. The van der Waals surface area contributed by atoms with Gasteiger partial charge in [0.05, 0.1) is 12.5 Å². The fraction of sp³-hybridized carbons (Fsp3) is 0.750. The van der Waals surface area contributed by atoms with Crippen LogP contribution in [0.4, 0.5) is 4.79 Å². The van der Waals surface area contributed by atoms with E-state index in [4.69, 9.17) is 9.84 Å². The molecule has 0 aromatic carbocycles. The Morgan fingerprint density at radius 2 is 2.46 bits per heavy atom. The molecule has 0 aromatic rings. The Morgan fingerprint density at radius 3 is 2.92 bits per heavy atom. The highest BCUT2D eigenvalue weighted by atomic mass is 16.6. The maximum atomic E-state index is 10.8. The van der Waals surface area contributed by atoms with E-state index >= 15 is 0 Å². The molecular weight excluding hydrogens is 174 g/mol. The first-order valence-electron chi connectivity index (χ1n) is 4.31. The monoisotopic (exact) mass is 185 g/mol. The lowest BCUT2D eigenvalue weighted by atomic mass is 10.0. The van der Waals surface area contributed by atoms with E-state index in [9.17, 15) is 9.59 Å². The van der Waals surface area contributed by atoms with Gasteiger partial charge in [0.25, 0.3) is 0 Å². The number of carbonyl (C=O) groups is 2. The predicted molar refractivity (Wildman–Crippen MR) is 42.2 cm³/mol. The van der Waals surface area contributed by atoms with Crippen LogP contribution in [0, 0.1) is 5.92 Å². The Balaban J connectivity index is 2.05. The number of hydrogen-bond donors (Lipinski definition) is 2. The van der Waals surface area contributed by atoms with Crippen LogP contribution in [-0.4, -0.2) is 29.3 Å². The molecule has 1 amide bonds. The number of carbonyl (C=O) groups excluding carboxylic acids is 1. The summed E-state index contributed by atoms with van der Waals surface area (Å²) in [5.41, 5.74) is -0.528. The average molecular weight is 185 g/mol. The summed E-state index contributed by atoms with van der Waals surface area (Å²) in [4.78, 5) is 21.5. The third-order valence-electron chi connectivity index (χ3n) is 2.78. The number of carboxylic acids is 1. The van der Waals surface area contributed by atoms with Crippen LogP contribution in [-0.2, 0) is 9.53 Å². The van der Waals surface area contributed by atoms with Gasteiger partial charge < -0.3 is 15.2 Å². The predicted octanol–water partition coefficient (Wildman–Crippen LogP) is 0.350. The van der Waals surface area contributed by atoms with Gasteiger partial charge in [0.2, 0.25) is 0 Å². The van der Waals surface area contributed by atoms with Crippen LogP contribution in [0.3, 0.4) is 0 Å². The van der Waals surface area contributed by atoms with Crippen LogP contribution in [0.2, 0.25) is 0 Å². The summed E-state index contributed by atoms with van der Waals surface area (Å²) < 4.78 is 5.08. The van der Waals surface area contributed by atoms with Gasteiger partial charge in [-0.3, -0.25) is 4.79 Å². The molecule has 2 aliphatic rings. The Bertz CT molecular complexity index is 265. The standard InChI is InChI=1S/C8H11NO4/c10-6(11)5-1-2-8(3-5)4-9-7(12)13-8/h5H,1-4H2,(H,9,12)(H,10,11). The van der Waals surface area contributed by atoms with Crippen LogP contribution >= 0.6 is 0 Å². The van der Waals surface area contributed by atoms with Crippen LogP contribution in [0.5, 0.6) is 0 Å². The highest BCUT2D eigenvalue weighted by molar-refractivity contribution is 5.73. The molecule has 0 aromatic heterocycles. The molecule has 5 nitrogen and oxygen atoms in total. The number of hydrogen-bond acceptors (Lipinski definition) is 3. The second kappa shape index (κ2) is 2.61. The lowest BCUT2D eigenvalue weighted by Gasteiger charge is -2.19. The Labute approximate surface area is 75.1 Å². The quantitative estimate of drug-likeness (QED) is 0.618. The molecule has 2 N–H and O–H groups in total. The molecule has 13 heavy (non-hydrogen) atoms. The van der Waals surface area contributed by atoms with Gasteiger partial charge in [-0.05, 0) is 12.8 Å². The molecule has 72 valence electrons. The molecule has 1 saturated carbocycles. The van der Waals surface area contributed by atoms with Crippen molar-refractivity contribution in [2.45, 2.75) is 24.9 Å². The zero-order chi connectivity index (χ0) is 9.47. The van der Waals surface area contributed by atoms with E-state index in [1.165, 1.54) is 0 Å². The first-order chi connectivity index (χ1) is 6.11. The molecule has 2 rings (SSSR count). The Hall–Kier alpha value is -1.26. The highest BCUT2D eigenvalue weighted by Gasteiger charge is 2.48. The smallest absolute Gasteiger partial charge is 0.407 e. The summed E-state index contributed by atoms with van der Waals surface area (Å²) in [6.45, 7) is 0.454. The van der Waals surface area contributed by atoms with Gasteiger partial charge in [0.1, 0.15) is 5.60 Å². The number of carboxylic acid groups (broad SMARTS) is 1. The van der Waals surface area contributed by atoms with Crippen molar-refractivity contribution in [1.82, 2.24) is 5.32 Å². The summed E-state index contributed by atoms with van der Waals surface area (Å²) in [5, 5.41) is 11.3. The maximum Gasteiger partial charge on any atom is 0.407 e. The highest BCUT2D eigenvalue weighted by Crippen LogP contribution is 2.39. The van der Waals surface area contributed by atoms with Crippen molar-refractivity contribution in [3.05, 3.63) is 0 Å². The van der Waals surface area contributed by atoms with E-state index in [0.717, 1.165) is 0 Å². The van der Waals surface area contributed by atoms with Crippen LogP contribution in [0.1, 0.15) is 19.3 Å². The summed E-state index contributed by atoms with van der Waals surface area (Å²) in [6.07, 6.45) is 1.28. The second-order valence-electron chi connectivity index (χ2n) is 3.70. The van der Waals surface area contributed by atoms with Crippen LogP contribution in [0.15, 0.2) is 0 Å². The molecule has 1 spiro atoms. The summed E-state index contributed by atoms with van der Waals surface area (Å²) >= 11 is 0. The molecule has 2 atom stereocenters. The van der Waals surface area contributed by atoms with E-state index in [2.05, 4.69) is 5.32 Å². The molecule has 1 aliphatic heterocycles. The fourth-order valence-electron chi connectivity index (χ4n) is 2.06. The minimum atomic E-state index is -0.792. The molecule has 0 bridgehead atoms. The van der Waals surface area contributed by atoms with Crippen molar-refractivity contribution >= 4 is 12.1 Å². The van der Waals surface area contributed by atoms with Crippen molar-refractivity contribution in [3.63, 3.8) is 0 Å². The number of aliphatic carboxylic acids is 1. The number of rotatable bonds is 1.